The maximum Gasteiger partial charge on any atom is 0.326 e. The van der Waals surface area contributed by atoms with E-state index in [0.717, 1.165) is 11.8 Å². The van der Waals surface area contributed by atoms with Crippen LogP contribution in [0.4, 0.5) is 11.4 Å². The molecule has 14 heteroatoms. The van der Waals surface area contributed by atoms with Crippen LogP contribution in [-0.4, -0.2) is 56.4 Å². The van der Waals surface area contributed by atoms with Gasteiger partial charge in [-0.3, -0.25) is 24.5 Å². The maximum atomic E-state index is 13.7. The fourth-order valence-electron chi connectivity index (χ4n) is 5.15. The summed E-state index contributed by atoms with van der Waals surface area (Å²) < 4.78 is 0. The van der Waals surface area contributed by atoms with Crippen molar-refractivity contribution in [2.45, 2.75) is 44.7 Å². The summed E-state index contributed by atoms with van der Waals surface area (Å²) in [6.45, 7) is 1.53. The highest BCUT2D eigenvalue weighted by molar-refractivity contribution is 6.30. The minimum absolute atomic E-state index is 0.0305. The van der Waals surface area contributed by atoms with E-state index >= 15 is 0 Å². The SMILES string of the molecule is CC(=O)N1CCc2cc(NC(=C[N+](=O)[O-])Nc3ccc(Cl)cc3)ccc2C1C(=O)NC(Cc1ccc(CCC(=O)O)cc1)C(=O)O. The van der Waals surface area contributed by atoms with E-state index in [0.29, 0.717) is 45.9 Å². The standard InChI is InChI=1S/C32H32ClN5O8/c1-19(39)37-15-14-22-17-25(35-28(18-38(45)46)34-24-9-7-23(33)8-10-24)11-12-26(22)30(37)31(42)36-27(32(43)44)16-21-4-2-20(3-5-21)6-13-29(40)41/h2-5,7-12,17-18,27,30,34-35H,6,13-16H2,1H3,(H,36,42)(H,40,41)(H,43,44). The predicted molar refractivity (Wildman–Crippen MR) is 170 cm³/mol. The van der Waals surface area contributed by atoms with E-state index in [1.165, 1.54) is 11.8 Å². The van der Waals surface area contributed by atoms with Crippen molar-refractivity contribution in [1.29, 1.82) is 0 Å². The molecule has 1 heterocycles. The molecule has 0 saturated heterocycles. The zero-order chi connectivity index (χ0) is 33.4. The normalized spacial score (nSPS) is 14.9. The van der Waals surface area contributed by atoms with E-state index < -0.39 is 34.9 Å². The molecule has 0 bridgehead atoms. The Balaban J connectivity index is 1.53. The molecule has 240 valence electrons. The monoisotopic (exact) mass is 649 g/mol. The molecule has 0 fully saturated rings. The number of carbonyl (C=O) groups is 4. The number of rotatable bonds is 13. The van der Waals surface area contributed by atoms with Gasteiger partial charge in [-0.1, -0.05) is 41.9 Å². The molecule has 46 heavy (non-hydrogen) atoms. The number of amides is 2. The first kappa shape index (κ1) is 33.5. The fourth-order valence-corrected chi connectivity index (χ4v) is 5.28. The van der Waals surface area contributed by atoms with Gasteiger partial charge < -0.3 is 31.1 Å². The molecule has 0 radical (unpaired) electrons. The third-order valence-electron chi connectivity index (χ3n) is 7.37. The van der Waals surface area contributed by atoms with E-state index in [4.69, 9.17) is 16.7 Å². The van der Waals surface area contributed by atoms with E-state index in [1.54, 1.807) is 66.7 Å². The predicted octanol–water partition coefficient (Wildman–Crippen LogP) is 4.21. The fraction of sp³-hybridized carbons (Fsp3) is 0.250. The summed E-state index contributed by atoms with van der Waals surface area (Å²) >= 11 is 5.93. The van der Waals surface area contributed by atoms with Crippen LogP contribution in [0.2, 0.25) is 5.02 Å². The minimum atomic E-state index is -1.30. The van der Waals surface area contributed by atoms with Crippen LogP contribution >= 0.6 is 11.6 Å². The van der Waals surface area contributed by atoms with Crippen LogP contribution in [-0.2, 0) is 38.4 Å². The molecule has 1 aliphatic rings. The lowest BCUT2D eigenvalue weighted by molar-refractivity contribution is -0.403. The molecule has 2 amide bonds. The number of carboxylic acids is 2. The van der Waals surface area contributed by atoms with Crippen LogP contribution in [0.3, 0.4) is 0 Å². The number of aryl methyl sites for hydroxylation is 1. The smallest absolute Gasteiger partial charge is 0.326 e. The van der Waals surface area contributed by atoms with Crippen molar-refractivity contribution in [3.8, 4) is 0 Å². The highest BCUT2D eigenvalue weighted by Gasteiger charge is 2.36. The van der Waals surface area contributed by atoms with Gasteiger partial charge in [-0.05, 0) is 71.5 Å². The molecule has 0 saturated carbocycles. The van der Waals surface area contributed by atoms with E-state index in [9.17, 15) is 34.4 Å². The summed E-state index contributed by atoms with van der Waals surface area (Å²) in [7, 11) is 0. The van der Waals surface area contributed by atoms with Gasteiger partial charge in [-0.15, -0.1) is 0 Å². The largest absolute Gasteiger partial charge is 0.481 e. The molecule has 13 nitrogen and oxygen atoms in total. The summed E-state index contributed by atoms with van der Waals surface area (Å²) in [5, 5.41) is 39.1. The van der Waals surface area contributed by atoms with E-state index in [-0.39, 0.29) is 31.1 Å². The van der Waals surface area contributed by atoms with Crippen LogP contribution in [0, 0.1) is 10.1 Å². The highest BCUT2D eigenvalue weighted by atomic mass is 35.5. The average molecular weight is 650 g/mol. The second-order valence-electron chi connectivity index (χ2n) is 10.7. The van der Waals surface area contributed by atoms with Crippen LogP contribution in [0.25, 0.3) is 0 Å². The number of nitrogens with one attached hydrogen (secondary N) is 3. The van der Waals surface area contributed by atoms with Gasteiger partial charge in [0.25, 0.3) is 6.20 Å². The third-order valence-corrected chi connectivity index (χ3v) is 7.62. The lowest BCUT2D eigenvalue weighted by Crippen LogP contribution is -2.51. The number of halogens is 1. The zero-order valence-electron chi connectivity index (χ0n) is 24.7. The van der Waals surface area contributed by atoms with Gasteiger partial charge in [0.15, 0.2) is 5.82 Å². The quantitative estimate of drug-likeness (QED) is 0.132. The van der Waals surface area contributed by atoms with Crippen molar-refractivity contribution in [3.63, 3.8) is 0 Å². The Bertz CT molecular complexity index is 1660. The second-order valence-corrected chi connectivity index (χ2v) is 11.1. The number of hydrogen-bond donors (Lipinski definition) is 5. The lowest BCUT2D eigenvalue weighted by atomic mass is 9.91. The van der Waals surface area contributed by atoms with Crippen molar-refractivity contribution in [3.05, 3.63) is 116 Å². The molecule has 5 N–H and O–H groups in total. The Morgan fingerprint density at radius 2 is 1.63 bits per heavy atom. The molecule has 0 aromatic heterocycles. The van der Waals surface area contributed by atoms with Crippen LogP contribution in [0.15, 0.2) is 78.8 Å². The van der Waals surface area contributed by atoms with Gasteiger partial charge >= 0.3 is 11.9 Å². The molecule has 2 unspecified atom stereocenters. The van der Waals surface area contributed by atoms with Gasteiger partial charge in [-0.25, -0.2) is 4.79 Å². The van der Waals surface area contributed by atoms with Gasteiger partial charge in [0.1, 0.15) is 12.1 Å². The Morgan fingerprint density at radius 1 is 1.00 bits per heavy atom. The number of nitrogens with zero attached hydrogens (tertiary/aromatic N) is 2. The first-order valence-electron chi connectivity index (χ1n) is 14.3. The summed E-state index contributed by atoms with van der Waals surface area (Å²) in [6, 6.07) is 16.0. The highest BCUT2D eigenvalue weighted by Crippen LogP contribution is 2.33. The first-order valence-corrected chi connectivity index (χ1v) is 14.6. The topological polar surface area (TPSA) is 191 Å². The van der Waals surface area contributed by atoms with Crippen molar-refractivity contribution < 1.29 is 34.3 Å². The maximum absolute atomic E-state index is 13.7. The zero-order valence-corrected chi connectivity index (χ0v) is 25.5. The Kier molecular flexibility index (Phi) is 10.9. The molecule has 3 aromatic carbocycles. The van der Waals surface area contributed by atoms with Gasteiger partial charge in [0, 0.05) is 42.7 Å². The molecular weight excluding hydrogens is 618 g/mol. The summed E-state index contributed by atoms with van der Waals surface area (Å²) in [5.41, 5.74) is 3.66. The van der Waals surface area contributed by atoms with Crippen LogP contribution in [0.5, 0.6) is 0 Å². The Morgan fingerprint density at radius 3 is 2.24 bits per heavy atom. The summed E-state index contributed by atoms with van der Waals surface area (Å²) in [5.74, 6) is -3.13. The summed E-state index contributed by atoms with van der Waals surface area (Å²) in [6.07, 6.45) is 1.44. The van der Waals surface area contributed by atoms with E-state index in [1.807, 2.05) is 0 Å². The molecule has 0 spiro atoms. The molecule has 1 aliphatic heterocycles. The second kappa shape index (κ2) is 15.0. The molecule has 0 aliphatic carbocycles. The number of anilines is 2. The van der Waals surface area contributed by atoms with Crippen LogP contribution in [0.1, 0.15) is 41.6 Å². The molecule has 3 aromatic rings. The number of hydrogen-bond acceptors (Lipinski definition) is 8. The summed E-state index contributed by atoms with van der Waals surface area (Å²) in [4.78, 5) is 61.3. The van der Waals surface area contributed by atoms with Gasteiger partial charge in [0.2, 0.25) is 11.8 Å². The van der Waals surface area contributed by atoms with Crippen LogP contribution < -0.4 is 16.0 Å². The van der Waals surface area contributed by atoms with Crippen molar-refractivity contribution in [2.75, 3.05) is 17.2 Å². The number of benzene rings is 3. The number of nitro groups is 1. The van der Waals surface area contributed by atoms with Crippen molar-refractivity contribution in [1.82, 2.24) is 10.2 Å². The first-order chi connectivity index (χ1) is 21.9. The molecule has 2 atom stereocenters. The minimum Gasteiger partial charge on any atom is -0.481 e. The van der Waals surface area contributed by atoms with Gasteiger partial charge in [0.05, 0.1) is 4.92 Å². The molecule has 4 rings (SSSR count). The number of aliphatic carboxylic acids is 2. The number of carboxylic acid groups (broad SMARTS) is 2. The van der Waals surface area contributed by atoms with Gasteiger partial charge in [-0.2, -0.15) is 0 Å². The van der Waals surface area contributed by atoms with Crippen molar-refractivity contribution in [2.24, 2.45) is 0 Å². The lowest BCUT2D eigenvalue weighted by Gasteiger charge is -2.36. The average Bonchev–Trinajstić information content (AvgIpc) is 3.00. The molecular formula is C32H32ClN5O8. The van der Waals surface area contributed by atoms with E-state index in [2.05, 4.69) is 16.0 Å². The number of fused-ring (bicyclic) bond motifs is 1. The third kappa shape index (κ3) is 9.05. The Labute approximate surface area is 269 Å². The number of carbonyl (C=O) groups excluding carboxylic acids is 2. The van der Waals surface area contributed by atoms with Crippen molar-refractivity contribution >= 4 is 46.7 Å². The Hall–Kier alpha value is -5.43.